The highest BCUT2D eigenvalue weighted by Gasteiger charge is 2.52. The van der Waals surface area contributed by atoms with Crippen LogP contribution in [0.2, 0.25) is 0 Å². The van der Waals surface area contributed by atoms with Gasteiger partial charge in [-0.2, -0.15) is 0 Å². The molecule has 0 saturated carbocycles. The Morgan fingerprint density at radius 2 is 1.00 bits per heavy atom. The van der Waals surface area contributed by atoms with Gasteiger partial charge in [0.1, 0.15) is 67.1 Å². The van der Waals surface area contributed by atoms with E-state index in [1.807, 2.05) is 0 Å². The molecule has 15 heteroatoms. The summed E-state index contributed by atoms with van der Waals surface area (Å²) in [6.45, 7) is -0.103. The Morgan fingerprint density at radius 1 is 0.545 bits per heavy atom. The maximum Gasteiger partial charge on any atom is 0.187 e. The molecule has 0 aromatic carbocycles. The molecule has 10 N–H and O–H groups in total. The maximum absolute atomic E-state index is 10.6. The maximum atomic E-state index is 10.6. The van der Waals surface area contributed by atoms with Crippen molar-refractivity contribution in [3.63, 3.8) is 0 Å². The molecule has 0 bridgehead atoms. The zero-order valence-electron chi connectivity index (χ0n) is 17.6. The van der Waals surface area contributed by atoms with Crippen molar-refractivity contribution in [2.75, 3.05) is 13.2 Å². The molecule has 15 atom stereocenters. The molecule has 3 saturated heterocycles. The van der Waals surface area contributed by atoms with Crippen LogP contribution < -0.4 is 0 Å². The van der Waals surface area contributed by atoms with E-state index in [1.165, 1.54) is 6.92 Å². The van der Waals surface area contributed by atoms with Crippen molar-refractivity contribution in [1.29, 1.82) is 0 Å². The molecule has 0 aliphatic carbocycles. The third-order valence-electron chi connectivity index (χ3n) is 6.05. The summed E-state index contributed by atoms with van der Waals surface area (Å²) in [6.07, 6.45) is -23.7. The van der Waals surface area contributed by atoms with E-state index in [1.54, 1.807) is 0 Å². The van der Waals surface area contributed by atoms with E-state index in [2.05, 4.69) is 0 Å². The first-order valence-corrected chi connectivity index (χ1v) is 10.4. The van der Waals surface area contributed by atoms with Crippen LogP contribution in [-0.4, -0.2) is 156 Å². The number of hydrogen-bond acceptors (Lipinski definition) is 15. The summed E-state index contributed by atoms with van der Waals surface area (Å²) in [5.74, 6) is 0. The lowest BCUT2D eigenvalue weighted by Gasteiger charge is -2.47. The molecule has 3 aliphatic rings. The van der Waals surface area contributed by atoms with Crippen LogP contribution in [0.5, 0.6) is 0 Å². The van der Waals surface area contributed by atoms with Gasteiger partial charge < -0.3 is 74.7 Å². The Labute approximate surface area is 187 Å². The summed E-state index contributed by atoms with van der Waals surface area (Å²) in [5.41, 5.74) is 0. The van der Waals surface area contributed by atoms with Crippen molar-refractivity contribution in [3.05, 3.63) is 0 Å². The summed E-state index contributed by atoms with van der Waals surface area (Å²) >= 11 is 0. The molecule has 0 unspecified atom stereocenters. The van der Waals surface area contributed by atoms with E-state index < -0.39 is 105 Å². The van der Waals surface area contributed by atoms with Crippen molar-refractivity contribution in [2.24, 2.45) is 0 Å². The van der Waals surface area contributed by atoms with E-state index in [-0.39, 0.29) is 0 Å². The predicted octanol–water partition coefficient (Wildman–Crippen LogP) is -6.55. The van der Waals surface area contributed by atoms with Crippen LogP contribution in [0.25, 0.3) is 0 Å². The normalized spacial score (nSPS) is 53.7. The fourth-order valence-corrected chi connectivity index (χ4v) is 4.00. The van der Waals surface area contributed by atoms with E-state index >= 15 is 0 Å². The lowest BCUT2D eigenvalue weighted by Crippen LogP contribution is -2.66. The van der Waals surface area contributed by atoms with Crippen LogP contribution in [-0.2, 0) is 23.7 Å². The lowest BCUT2D eigenvalue weighted by molar-refractivity contribution is -0.376. The van der Waals surface area contributed by atoms with Gasteiger partial charge in [-0.05, 0) is 6.92 Å². The molecule has 0 spiro atoms. The summed E-state index contributed by atoms with van der Waals surface area (Å²) in [5, 5.41) is 99.7. The van der Waals surface area contributed by atoms with E-state index in [9.17, 15) is 51.1 Å². The van der Waals surface area contributed by atoms with Crippen LogP contribution in [0, 0.1) is 0 Å². The Kier molecular flexibility index (Phi) is 8.99. The van der Waals surface area contributed by atoms with Crippen LogP contribution in [0.1, 0.15) is 6.92 Å². The highest BCUT2D eigenvalue weighted by atomic mass is 16.7. The largest absolute Gasteiger partial charge is 0.394 e. The van der Waals surface area contributed by atoms with Gasteiger partial charge in [0.25, 0.3) is 0 Å². The minimum Gasteiger partial charge on any atom is -0.394 e. The van der Waals surface area contributed by atoms with Crippen molar-refractivity contribution >= 4 is 0 Å². The average Bonchev–Trinajstić information content (AvgIpc) is 2.80. The molecule has 3 heterocycles. The fourth-order valence-electron chi connectivity index (χ4n) is 4.00. The van der Waals surface area contributed by atoms with Gasteiger partial charge in [0.15, 0.2) is 18.9 Å². The van der Waals surface area contributed by atoms with E-state index in [0.717, 1.165) is 0 Å². The fraction of sp³-hybridized carbons (Fsp3) is 1.00. The number of ether oxygens (including phenoxy) is 5. The average molecular weight is 488 g/mol. The summed E-state index contributed by atoms with van der Waals surface area (Å²) < 4.78 is 26.6. The van der Waals surface area contributed by atoms with Crippen molar-refractivity contribution in [3.8, 4) is 0 Å². The molecule has 0 aromatic heterocycles. The molecule has 0 amide bonds. The van der Waals surface area contributed by atoms with Gasteiger partial charge in [-0.25, -0.2) is 0 Å². The Balaban J connectivity index is 1.71. The molecule has 0 aromatic rings. The molecule has 0 radical (unpaired) electrons. The van der Waals surface area contributed by atoms with Crippen LogP contribution >= 0.6 is 0 Å². The minimum absolute atomic E-state index is 0.741. The van der Waals surface area contributed by atoms with Gasteiger partial charge in [-0.3, -0.25) is 0 Å². The highest BCUT2D eigenvalue weighted by molar-refractivity contribution is 4.95. The number of aliphatic hydroxyl groups is 10. The minimum atomic E-state index is -1.86. The Hall–Kier alpha value is -0.600. The third kappa shape index (κ3) is 5.32. The van der Waals surface area contributed by atoms with Crippen molar-refractivity contribution in [2.45, 2.75) is 99.0 Å². The monoisotopic (exact) mass is 488 g/mol. The van der Waals surface area contributed by atoms with Gasteiger partial charge in [0, 0.05) is 0 Å². The topological polar surface area (TPSA) is 248 Å². The van der Waals surface area contributed by atoms with Gasteiger partial charge in [0.05, 0.1) is 19.3 Å². The zero-order chi connectivity index (χ0) is 24.6. The molecule has 3 rings (SSSR count). The smallest absolute Gasteiger partial charge is 0.187 e. The SMILES string of the molecule is C[C@H]1O[C@@H](O[C@@H]2[C@H](O)[C@@H](O)[C@@H](O[C@@H]3[C@@H](O)[C@H](O)[C@@H](O)O[C@@H]3CO)O[C@@H]2CO)[C@H](O)[C@@H](O)[C@@H]1O. The van der Waals surface area contributed by atoms with Gasteiger partial charge >= 0.3 is 0 Å². The summed E-state index contributed by atoms with van der Waals surface area (Å²) in [7, 11) is 0. The van der Waals surface area contributed by atoms with Gasteiger partial charge in [-0.15, -0.1) is 0 Å². The number of aliphatic hydroxyl groups excluding tert-OH is 10. The second-order valence-corrected chi connectivity index (χ2v) is 8.32. The molecule has 3 aliphatic heterocycles. The molecular formula is C18H32O15. The quantitative estimate of drug-likeness (QED) is 0.167. The Morgan fingerprint density at radius 3 is 1.55 bits per heavy atom. The standard InChI is InChI=1S/C18H32O15/c1-4-7(21)8(22)12(26)17(29-4)32-15-6(3-20)31-18(13(27)10(15)24)33-14-5(2-19)30-16(28)11(25)9(14)23/h4-28H,2-3H2,1H3/t4-,5-,6-,7-,8+,9+,10-,11+,12-,13-,14+,15+,16+,17+,18-/m1/s1. The summed E-state index contributed by atoms with van der Waals surface area (Å²) in [6, 6.07) is 0. The van der Waals surface area contributed by atoms with Crippen LogP contribution in [0.4, 0.5) is 0 Å². The van der Waals surface area contributed by atoms with E-state index in [0.29, 0.717) is 0 Å². The van der Waals surface area contributed by atoms with Gasteiger partial charge in [-0.1, -0.05) is 0 Å². The first-order chi connectivity index (χ1) is 15.5. The van der Waals surface area contributed by atoms with Crippen molar-refractivity contribution in [1.82, 2.24) is 0 Å². The van der Waals surface area contributed by atoms with Gasteiger partial charge in [0.2, 0.25) is 0 Å². The molecule has 3 fully saturated rings. The molecule has 33 heavy (non-hydrogen) atoms. The van der Waals surface area contributed by atoms with Crippen molar-refractivity contribution < 1.29 is 74.7 Å². The van der Waals surface area contributed by atoms with Crippen LogP contribution in [0.3, 0.4) is 0 Å². The number of rotatable bonds is 6. The molecule has 15 nitrogen and oxygen atoms in total. The second kappa shape index (κ2) is 11.0. The lowest BCUT2D eigenvalue weighted by atomic mass is 9.96. The molecular weight excluding hydrogens is 456 g/mol. The predicted molar refractivity (Wildman–Crippen MR) is 99.8 cm³/mol. The molecule has 194 valence electrons. The first kappa shape index (κ1) is 27.0. The van der Waals surface area contributed by atoms with Crippen LogP contribution in [0.15, 0.2) is 0 Å². The van der Waals surface area contributed by atoms with E-state index in [4.69, 9.17) is 23.7 Å². The highest BCUT2D eigenvalue weighted by Crippen LogP contribution is 2.32. The third-order valence-corrected chi connectivity index (χ3v) is 6.05. The zero-order valence-corrected chi connectivity index (χ0v) is 17.6. The Bertz CT molecular complexity index is 622. The first-order valence-electron chi connectivity index (χ1n) is 10.4. The summed E-state index contributed by atoms with van der Waals surface area (Å²) in [4.78, 5) is 0. The second-order valence-electron chi connectivity index (χ2n) is 8.32. The number of hydrogen-bond donors (Lipinski definition) is 10.